The molecule has 34 heavy (non-hydrogen) atoms. The Labute approximate surface area is 189 Å². The molecule has 10 heteroatoms. The van der Waals surface area contributed by atoms with E-state index in [9.17, 15) is 43.9 Å². The summed E-state index contributed by atoms with van der Waals surface area (Å²) < 4.78 is 140. The van der Waals surface area contributed by atoms with E-state index >= 15 is 0 Å². The van der Waals surface area contributed by atoms with E-state index in [2.05, 4.69) is 0 Å². The van der Waals surface area contributed by atoms with Gasteiger partial charge in [-0.2, -0.15) is 8.78 Å². The van der Waals surface area contributed by atoms with E-state index in [1.165, 1.54) is 20.8 Å². The maximum atomic E-state index is 14.5. The van der Waals surface area contributed by atoms with Gasteiger partial charge in [0, 0.05) is 17.2 Å². The van der Waals surface area contributed by atoms with E-state index in [4.69, 9.17) is 0 Å². The van der Waals surface area contributed by atoms with Gasteiger partial charge in [0.1, 0.15) is 0 Å². The average Bonchev–Trinajstić information content (AvgIpc) is 2.69. The lowest BCUT2D eigenvalue weighted by molar-refractivity contribution is 0.389. The summed E-state index contributed by atoms with van der Waals surface area (Å²) in [6.45, 7) is 6.25. The molecular formula is C24H20F10. The Morgan fingerprint density at radius 2 is 0.971 bits per heavy atom. The quantitative estimate of drug-likeness (QED) is 0.286. The Morgan fingerprint density at radius 1 is 0.588 bits per heavy atom. The van der Waals surface area contributed by atoms with Crippen LogP contribution < -0.4 is 0 Å². The Morgan fingerprint density at radius 3 is 1.35 bits per heavy atom. The number of halogens is 10. The summed E-state index contributed by atoms with van der Waals surface area (Å²) in [4.78, 5) is 0. The van der Waals surface area contributed by atoms with Crippen molar-refractivity contribution in [1.82, 2.24) is 0 Å². The fraction of sp³-hybridized carbons (Fsp3) is 0.333. The van der Waals surface area contributed by atoms with E-state index in [0.717, 1.165) is 19.9 Å². The van der Waals surface area contributed by atoms with E-state index in [0.29, 0.717) is 6.08 Å². The summed E-state index contributed by atoms with van der Waals surface area (Å²) in [7, 11) is 0. The topological polar surface area (TPSA) is 0 Å². The smallest absolute Gasteiger partial charge is 0.203 e. The Balaban J connectivity index is 2.54. The van der Waals surface area contributed by atoms with Crippen molar-refractivity contribution in [2.45, 2.75) is 51.9 Å². The van der Waals surface area contributed by atoms with Crippen LogP contribution in [0.5, 0.6) is 0 Å². The van der Waals surface area contributed by atoms with Crippen LogP contribution in [0.15, 0.2) is 12.2 Å². The molecule has 0 fully saturated rings. The molecule has 0 aliphatic rings. The predicted octanol–water partition coefficient (Wildman–Crippen LogP) is 8.72. The van der Waals surface area contributed by atoms with Crippen LogP contribution in [0.1, 0.15) is 63.3 Å². The largest absolute Gasteiger partial charge is 0.271 e. The second-order valence-electron chi connectivity index (χ2n) is 9.26. The third kappa shape index (κ3) is 5.00. The molecule has 0 aliphatic heterocycles. The summed E-state index contributed by atoms with van der Waals surface area (Å²) in [5.74, 6) is -14.6. The number of hydrogen-bond donors (Lipinski definition) is 0. The fourth-order valence-corrected chi connectivity index (χ4v) is 3.51. The molecule has 2 aromatic carbocycles. The van der Waals surface area contributed by atoms with Crippen LogP contribution in [-0.2, 0) is 10.8 Å². The fourth-order valence-electron chi connectivity index (χ4n) is 3.51. The molecule has 0 bridgehead atoms. The Bertz CT molecular complexity index is 1120. The molecule has 0 unspecified atom stereocenters. The lowest BCUT2D eigenvalue weighted by Crippen LogP contribution is -2.23. The Hall–Kier alpha value is -2.78. The van der Waals surface area contributed by atoms with E-state index < -0.39 is 92.1 Å². The summed E-state index contributed by atoms with van der Waals surface area (Å²) >= 11 is 0. The van der Waals surface area contributed by atoms with Crippen LogP contribution in [0, 0.1) is 46.5 Å². The van der Waals surface area contributed by atoms with Crippen molar-refractivity contribution < 1.29 is 43.9 Å². The van der Waals surface area contributed by atoms with Crippen molar-refractivity contribution >= 4 is 12.2 Å². The van der Waals surface area contributed by atoms with E-state index in [1.54, 1.807) is 0 Å². The van der Waals surface area contributed by atoms with Gasteiger partial charge in [0.15, 0.2) is 46.5 Å². The van der Waals surface area contributed by atoms with Gasteiger partial charge in [-0.1, -0.05) is 46.8 Å². The van der Waals surface area contributed by atoms with Gasteiger partial charge in [-0.25, -0.2) is 35.1 Å². The number of rotatable bonds is 5. The molecule has 0 saturated heterocycles. The van der Waals surface area contributed by atoms with Crippen LogP contribution in [0.3, 0.4) is 0 Å². The van der Waals surface area contributed by atoms with Gasteiger partial charge < -0.3 is 0 Å². The molecule has 0 nitrogen and oxygen atoms in total. The first-order valence-electron chi connectivity index (χ1n) is 9.85. The zero-order chi connectivity index (χ0) is 26.3. The normalized spacial score (nSPS) is 12.6. The second kappa shape index (κ2) is 9.46. The van der Waals surface area contributed by atoms with Crippen molar-refractivity contribution in [3.8, 4) is 0 Å². The second-order valence-corrected chi connectivity index (χ2v) is 9.26. The van der Waals surface area contributed by atoms with E-state index in [1.807, 2.05) is 0 Å². The molecule has 0 spiro atoms. The van der Waals surface area contributed by atoms with Gasteiger partial charge in [-0.3, -0.25) is 0 Å². The first-order chi connectivity index (χ1) is 15.4. The molecule has 186 valence electrons. The standard InChI is InChI=1S/C24H20F10/c1-23(2,3)13-19(31)15(27)10(16(28)20(13)32)7-6-8-24(4,5)14-21(33)17(29)11(9-12(25)26)18(30)22(14)34/h6-7,9H,8H2,1-5H3/b7-6+. The van der Waals surface area contributed by atoms with Crippen LogP contribution in [0.4, 0.5) is 43.9 Å². The third-order valence-corrected chi connectivity index (χ3v) is 5.19. The molecule has 0 saturated carbocycles. The first-order valence-corrected chi connectivity index (χ1v) is 9.85. The minimum atomic E-state index is -2.59. The minimum absolute atomic E-state index is 0.372. The highest BCUT2D eigenvalue weighted by atomic mass is 19.3. The summed E-state index contributed by atoms with van der Waals surface area (Å²) in [5.41, 5.74) is -7.72. The molecule has 0 atom stereocenters. The SMILES string of the molecule is CC(C)(C)c1c(F)c(F)c(/C=C/CC(C)(C)c2c(F)c(F)c(C=C(F)F)c(F)c2F)c(F)c1F. The maximum absolute atomic E-state index is 14.5. The highest BCUT2D eigenvalue weighted by molar-refractivity contribution is 5.55. The van der Waals surface area contributed by atoms with Gasteiger partial charge in [-0.05, 0) is 17.3 Å². The maximum Gasteiger partial charge on any atom is 0.271 e. The molecule has 0 heterocycles. The van der Waals surface area contributed by atoms with Gasteiger partial charge in [-0.15, -0.1) is 0 Å². The molecule has 2 aromatic rings. The molecular weight excluding hydrogens is 478 g/mol. The lowest BCUT2D eigenvalue weighted by Gasteiger charge is -2.26. The molecule has 0 radical (unpaired) electrons. The number of benzene rings is 2. The molecule has 0 aliphatic carbocycles. The highest BCUT2D eigenvalue weighted by Gasteiger charge is 2.34. The van der Waals surface area contributed by atoms with Crippen molar-refractivity contribution in [3.63, 3.8) is 0 Å². The van der Waals surface area contributed by atoms with Gasteiger partial charge in [0.2, 0.25) is 0 Å². The minimum Gasteiger partial charge on any atom is -0.203 e. The predicted molar refractivity (Wildman–Crippen MR) is 108 cm³/mol. The van der Waals surface area contributed by atoms with Crippen LogP contribution in [-0.4, -0.2) is 0 Å². The molecule has 0 amide bonds. The lowest BCUT2D eigenvalue weighted by atomic mass is 9.79. The summed E-state index contributed by atoms with van der Waals surface area (Å²) in [5, 5.41) is 0. The van der Waals surface area contributed by atoms with Crippen LogP contribution in [0.2, 0.25) is 0 Å². The number of hydrogen-bond acceptors (Lipinski definition) is 0. The average molecular weight is 498 g/mol. The first kappa shape index (κ1) is 27.5. The zero-order valence-corrected chi connectivity index (χ0v) is 18.7. The van der Waals surface area contributed by atoms with Crippen molar-refractivity contribution in [2.24, 2.45) is 0 Å². The van der Waals surface area contributed by atoms with Gasteiger partial charge >= 0.3 is 0 Å². The van der Waals surface area contributed by atoms with Crippen molar-refractivity contribution in [1.29, 1.82) is 0 Å². The van der Waals surface area contributed by atoms with Crippen LogP contribution in [0.25, 0.3) is 12.2 Å². The van der Waals surface area contributed by atoms with Crippen molar-refractivity contribution in [3.05, 3.63) is 80.9 Å². The van der Waals surface area contributed by atoms with Crippen LogP contribution >= 0.6 is 0 Å². The van der Waals surface area contributed by atoms with Crippen molar-refractivity contribution in [2.75, 3.05) is 0 Å². The molecule has 0 N–H and O–H groups in total. The third-order valence-electron chi connectivity index (χ3n) is 5.19. The highest BCUT2D eigenvalue weighted by Crippen LogP contribution is 2.37. The monoisotopic (exact) mass is 498 g/mol. The van der Waals surface area contributed by atoms with E-state index in [-0.39, 0.29) is 6.08 Å². The number of allylic oxidation sites excluding steroid dienone is 1. The summed E-state index contributed by atoms with van der Waals surface area (Å²) in [6.07, 6.45) is -1.95. The summed E-state index contributed by atoms with van der Waals surface area (Å²) in [6, 6.07) is 0. The molecule has 0 aromatic heterocycles. The van der Waals surface area contributed by atoms with Gasteiger partial charge in [0.05, 0.1) is 11.1 Å². The van der Waals surface area contributed by atoms with Gasteiger partial charge in [0.25, 0.3) is 6.08 Å². The Kier molecular flexibility index (Phi) is 7.64. The zero-order valence-electron chi connectivity index (χ0n) is 18.7. The molecule has 2 rings (SSSR count).